The summed E-state index contributed by atoms with van der Waals surface area (Å²) in [6.07, 6.45) is 10.0. The molecule has 1 aromatic carbocycles. The number of hydrogen-bond acceptors (Lipinski definition) is 3. The number of carbonyl (C=O) groups is 1. The fourth-order valence-electron chi connectivity index (χ4n) is 2.26. The van der Waals surface area contributed by atoms with E-state index in [0.29, 0.717) is 5.76 Å². The van der Waals surface area contributed by atoms with Crippen molar-refractivity contribution in [1.82, 2.24) is 14.9 Å². The highest BCUT2D eigenvalue weighted by Crippen LogP contribution is 2.17. The van der Waals surface area contributed by atoms with Crippen LogP contribution in [0.1, 0.15) is 24.3 Å². The highest BCUT2D eigenvalue weighted by molar-refractivity contribution is 5.91. The molecule has 0 spiro atoms. The molecule has 3 rings (SSSR count). The van der Waals surface area contributed by atoms with E-state index in [-0.39, 0.29) is 11.9 Å². The van der Waals surface area contributed by atoms with E-state index in [1.165, 1.54) is 6.08 Å². The van der Waals surface area contributed by atoms with Gasteiger partial charge in [-0.1, -0.05) is 12.1 Å². The van der Waals surface area contributed by atoms with Crippen LogP contribution in [0, 0.1) is 0 Å². The van der Waals surface area contributed by atoms with Gasteiger partial charge in [-0.2, -0.15) is 0 Å². The van der Waals surface area contributed by atoms with Gasteiger partial charge in [-0.25, -0.2) is 4.98 Å². The van der Waals surface area contributed by atoms with Crippen molar-refractivity contribution in [2.24, 2.45) is 0 Å². The molecule has 1 amide bonds. The molecule has 0 radical (unpaired) electrons. The molecular weight excluding hydrogens is 290 g/mol. The maximum atomic E-state index is 12.0. The highest BCUT2D eigenvalue weighted by Gasteiger charge is 2.08. The van der Waals surface area contributed by atoms with Gasteiger partial charge in [-0.15, -0.1) is 0 Å². The van der Waals surface area contributed by atoms with Gasteiger partial charge < -0.3 is 14.3 Å². The number of aromatic nitrogens is 2. The number of benzene rings is 1. The number of nitrogens with zero attached hydrogens (tertiary/aromatic N) is 2. The Balaban J connectivity index is 1.67. The van der Waals surface area contributed by atoms with E-state index >= 15 is 0 Å². The molecule has 5 nitrogen and oxygen atoms in total. The molecule has 0 aliphatic heterocycles. The van der Waals surface area contributed by atoms with Crippen molar-refractivity contribution in [2.75, 3.05) is 0 Å². The topological polar surface area (TPSA) is 60.1 Å². The number of nitrogens with one attached hydrogen (secondary N) is 1. The molecule has 23 heavy (non-hydrogen) atoms. The Bertz CT molecular complexity index is 790. The van der Waals surface area contributed by atoms with Gasteiger partial charge in [0.05, 0.1) is 18.6 Å². The van der Waals surface area contributed by atoms with Gasteiger partial charge in [0, 0.05) is 24.2 Å². The Labute approximate surface area is 134 Å². The van der Waals surface area contributed by atoms with Crippen molar-refractivity contribution >= 4 is 12.0 Å². The van der Waals surface area contributed by atoms with E-state index in [9.17, 15) is 4.79 Å². The van der Waals surface area contributed by atoms with Crippen LogP contribution < -0.4 is 5.32 Å². The number of carbonyl (C=O) groups excluding carboxylic acids is 1. The van der Waals surface area contributed by atoms with E-state index in [1.807, 2.05) is 42.0 Å². The molecular formula is C18H17N3O2. The third kappa shape index (κ3) is 3.77. The minimum Gasteiger partial charge on any atom is -0.465 e. The summed E-state index contributed by atoms with van der Waals surface area (Å²) < 4.78 is 7.08. The standard InChI is InChI=1S/C18H17N3O2/c1-14(20-18(22)8-7-17-6-3-11-23-17)15-4-2-5-16(12-15)21-10-9-19-13-21/h2-14H,1H3,(H,20,22)/b8-7+/t14-/m0/s1. The third-order valence-electron chi connectivity index (χ3n) is 3.47. The summed E-state index contributed by atoms with van der Waals surface area (Å²) in [5.74, 6) is 0.483. The Morgan fingerprint density at radius 3 is 3.00 bits per heavy atom. The van der Waals surface area contributed by atoms with Gasteiger partial charge in [0.25, 0.3) is 0 Å². The summed E-state index contributed by atoms with van der Waals surface area (Å²) in [6.45, 7) is 1.95. The Morgan fingerprint density at radius 1 is 1.35 bits per heavy atom. The first-order valence-electron chi connectivity index (χ1n) is 7.33. The van der Waals surface area contributed by atoms with Crippen molar-refractivity contribution in [1.29, 1.82) is 0 Å². The molecule has 0 aliphatic rings. The van der Waals surface area contributed by atoms with Crippen LogP contribution in [0.5, 0.6) is 0 Å². The Kier molecular flexibility index (Phi) is 4.38. The van der Waals surface area contributed by atoms with Crippen LogP contribution in [-0.2, 0) is 4.79 Å². The molecule has 0 saturated carbocycles. The number of hydrogen-bond donors (Lipinski definition) is 1. The van der Waals surface area contributed by atoms with Crippen LogP contribution in [0.3, 0.4) is 0 Å². The van der Waals surface area contributed by atoms with Crippen LogP contribution in [0.25, 0.3) is 11.8 Å². The molecule has 3 aromatic rings. The normalized spacial score (nSPS) is 12.4. The molecule has 0 aliphatic carbocycles. The fourth-order valence-corrected chi connectivity index (χ4v) is 2.26. The zero-order chi connectivity index (χ0) is 16.1. The zero-order valence-corrected chi connectivity index (χ0v) is 12.7. The van der Waals surface area contributed by atoms with Crippen molar-refractivity contribution in [3.8, 4) is 5.69 Å². The molecule has 116 valence electrons. The second-order valence-electron chi connectivity index (χ2n) is 5.14. The number of rotatable bonds is 5. The largest absolute Gasteiger partial charge is 0.465 e. The minimum atomic E-state index is -0.165. The van der Waals surface area contributed by atoms with Crippen molar-refractivity contribution < 1.29 is 9.21 Å². The number of amides is 1. The van der Waals surface area contributed by atoms with Gasteiger partial charge in [0.1, 0.15) is 5.76 Å². The van der Waals surface area contributed by atoms with Crippen LogP contribution in [0.4, 0.5) is 0 Å². The number of furan rings is 1. The summed E-state index contributed by atoms with van der Waals surface area (Å²) in [5, 5.41) is 2.94. The van der Waals surface area contributed by atoms with E-state index in [2.05, 4.69) is 10.3 Å². The summed E-state index contributed by atoms with van der Waals surface area (Å²) >= 11 is 0. The fraction of sp³-hybridized carbons (Fsp3) is 0.111. The lowest BCUT2D eigenvalue weighted by Gasteiger charge is -2.14. The zero-order valence-electron chi connectivity index (χ0n) is 12.7. The maximum absolute atomic E-state index is 12.0. The van der Waals surface area contributed by atoms with Crippen molar-refractivity contribution in [2.45, 2.75) is 13.0 Å². The highest BCUT2D eigenvalue weighted by atomic mass is 16.3. The lowest BCUT2D eigenvalue weighted by molar-refractivity contribution is -0.117. The van der Waals surface area contributed by atoms with Gasteiger partial charge in [-0.05, 0) is 42.8 Å². The molecule has 5 heteroatoms. The van der Waals surface area contributed by atoms with Gasteiger partial charge in [0.15, 0.2) is 0 Å². The van der Waals surface area contributed by atoms with Crippen molar-refractivity contribution in [3.63, 3.8) is 0 Å². The molecule has 2 aromatic heterocycles. The Morgan fingerprint density at radius 2 is 2.26 bits per heavy atom. The van der Waals surface area contributed by atoms with Gasteiger partial charge >= 0.3 is 0 Å². The molecule has 1 atom stereocenters. The monoisotopic (exact) mass is 307 g/mol. The second-order valence-corrected chi connectivity index (χ2v) is 5.14. The summed E-state index contributed by atoms with van der Waals surface area (Å²) in [4.78, 5) is 16.0. The third-order valence-corrected chi connectivity index (χ3v) is 3.47. The van der Waals surface area contributed by atoms with E-state index in [1.54, 1.807) is 37.0 Å². The predicted molar refractivity (Wildman–Crippen MR) is 87.9 cm³/mol. The molecule has 0 saturated heterocycles. The van der Waals surface area contributed by atoms with E-state index in [4.69, 9.17) is 4.42 Å². The first-order valence-corrected chi connectivity index (χ1v) is 7.33. The van der Waals surface area contributed by atoms with Crippen LogP contribution in [0.15, 0.2) is 71.9 Å². The van der Waals surface area contributed by atoms with Crippen LogP contribution in [0.2, 0.25) is 0 Å². The van der Waals surface area contributed by atoms with Crippen LogP contribution in [-0.4, -0.2) is 15.5 Å². The van der Waals surface area contributed by atoms with E-state index in [0.717, 1.165) is 11.3 Å². The first kappa shape index (κ1) is 14.8. The molecule has 1 N–H and O–H groups in total. The smallest absolute Gasteiger partial charge is 0.244 e. The molecule has 0 unspecified atom stereocenters. The van der Waals surface area contributed by atoms with Crippen molar-refractivity contribution in [3.05, 3.63) is 78.8 Å². The lowest BCUT2D eigenvalue weighted by Crippen LogP contribution is -2.24. The maximum Gasteiger partial charge on any atom is 0.244 e. The predicted octanol–water partition coefficient (Wildman–Crippen LogP) is 3.36. The SMILES string of the molecule is C[C@H](NC(=O)/C=C/c1ccco1)c1cccc(-n2ccnc2)c1. The first-order chi connectivity index (χ1) is 11.2. The van der Waals surface area contributed by atoms with E-state index < -0.39 is 0 Å². The lowest BCUT2D eigenvalue weighted by atomic mass is 10.1. The second kappa shape index (κ2) is 6.79. The average Bonchev–Trinajstić information content (AvgIpc) is 3.26. The van der Waals surface area contributed by atoms with Gasteiger partial charge in [0.2, 0.25) is 5.91 Å². The summed E-state index contributed by atoms with van der Waals surface area (Å²) in [7, 11) is 0. The average molecular weight is 307 g/mol. The summed E-state index contributed by atoms with van der Waals surface area (Å²) in [5.41, 5.74) is 2.03. The number of imidazole rings is 1. The molecule has 2 heterocycles. The summed E-state index contributed by atoms with van der Waals surface area (Å²) in [6, 6.07) is 11.4. The van der Waals surface area contributed by atoms with Crippen LogP contribution >= 0.6 is 0 Å². The molecule has 0 bridgehead atoms. The quantitative estimate of drug-likeness (QED) is 0.735. The Hall–Kier alpha value is -3.08. The van der Waals surface area contributed by atoms with Gasteiger partial charge in [-0.3, -0.25) is 4.79 Å². The minimum absolute atomic E-state index is 0.104. The molecule has 0 fully saturated rings.